The number of carbonyl (C=O) groups excluding carboxylic acids is 1. The van der Waals surface area contributed by atoms with Crippen LogP contribution in [0.15, 0.2) is 83.8 Å². The van der Waals surface area contributed by atoms with Crippen molar-refractivity contribution in [2.24, 2.45) is 0 Å². The number of carbonyl (C=O) groups is 1. The number of sulfonamides is 1. The lowest BCUT2D eigenvalue weighted by Crippen LogP contribution is -2.26. The predicted octanol–water partition coefficient (Wildman–Crippen LogP) is 3.87. The maximum Gasteiger partial charge on any atom is 0.343 e. The van der Waals surface area contributed by atoms with Crippen molar-refractivity contribution in [2.45, 2.75) is 4.90 Å². The molecule has 3 aromatic rings. The van der Waals surface area contributed by atoms with Gasteiger partial charge in [0, 0.05) is 7.05 Å². The van der Waals surface area contributed by atoms with Crippen LogP contribution in [0.4, 0.5) is 10.1 Å². The van der Waals surface area contributed by atoms with Crippen LogP contribution in [0.1, 0.15) is 10.4 Å². The van der Waals surface area contributed by atoms with E-state index in [-0.39, 0.29) is 16.2 Å². The van der Waals surface area contributed by atoms with E-state index in [1.807, 2.05) is 0 Å². The highest BCUT2D eigenvalue weighted by Crippen LogP contribution is 2.24. The summed E-state index contributed by atoms with van der Waals surface area (Å²) in [5, 5.41) is 0. The summed E-state index contributed by atoms with van der Waals surface area (Å²) in [6.45, 7) is 0. The van der Waals surface area contributed by atoms with Crippen LogP contribution in [0, 0.1) is 5.82 Å². The van der Waals surface area contributed by atoms with Crippen molar-refractivity contribution in [3.8, 4) is 5.75 Å². The summed E-state index contributed by atoms with van der Waals surface area (Å²) < 4.78 is 44.5. The number of benzene rings is 3. The average Bonchev–Trinajstić information content (AvgIpc) is 2.69. The second-order valence-electron chi connectivity index (χ2n) is 5.68. The second kappa shape index (κ2) is 7.59. The highest BCUT2D eigenvalue weighted by atomic mass is 32.2. The maximum absolute atomic E-state index is 12.9. The van der Waals surface area contributed by atoms with E-state index >= 15 is 0 Å². The molecule has 27 heavy (non-hydrogen) atoms. The maximum atomic E-state index is 12.9. The molecule has 0 saturated carbocycles. The van der Waals surface area contributed by atoms with Gasteiger partial charge >= 0.3 is 5.97 Å². The lowest BCUT2D eigenvalue weighted by molar-refractivity contribution is 0.0734. The Balaban J connectivity index is 1.75. The number of rotatable bonds is 5. The number of halogens is 1. The van der Waals surface area contributed by atoms with E-state index in [1.165, 1.54) is 67.7 Å². The lowest BCUT2D eigenvalue weighted by atomic mass is 10.2. The molecular formula is C20H16FNO4S. The monoisotopic (exact) mass is 385 g/mol. The molecule has 0 aliphatic rings. The normalized spacial score (nSPS) is 11.0. The molecule has 138 valence electrons. The molecule has 0 fully saturated rings. The molecule has 0 radical (unpaired) electrons. The third-order valence-corrected chi connectivity index (χ3v) is 5.69. The van der Waals surface area contributed by atoms with Crippen molar-refractivity contribution in [3.05, 3.63) is 90.2 Å². The minimum absolute atomic E-state index is 0.180. The molecule has 0 atom stereocenters. The van der Waals surface area contributed by atoms with Crippen LogP contribution in [-0.4, -0.2) is 21.4 Å². The van der Waals surface area contributed by atoms with Crippen LogP contribution in [0.25, 0.3) is 0 Å². The predicted molar refractivity (Wildman–Crippen MR) is 99.8 cm³/mol. The summed E-state index contributed by atoms with van der Waals surface area (Å²) in [4.78, 5) is 12.2. The van der Waals surface area contributed by atoms with E-state index in [1.54, 1.807) is 18.2 Å². The van der Waals surface area contributed by atoms with Gasteiger partial charge < -0.3 is 4.74 Å². The van der Waals surface area contributed by atoms with Gasteiger partial charge in [0.1, 0.15) is 11.6 Å². The highest BCUT2D eigenvalue weighted by Gasteiger charge is 2.21. The molecule has 3 aromatic carbocycles. The molecule has 0 bridgehead atoms. The average molecular weight is 385 g/mol. The third kappa shape index (κ3) is 4.15. The van der Waals surface area contributed by atoms with Gasteiger partial charge in [0.15, 0.2) is 0 Å². The molecule has 0 aliphatic heterocycles. The van der Waals surface area contributed by atoms with Crippen molar-refractivity contribution < 1.29 is 22.3 Å². The number of hydrogen-bond acceptors (Lipinski definition) is 4. The number of hydrogen-bond donors (Lipinski definition) is 0. The summed E-state index contributed by atoms with van der Waals surface area (Å²) in [6, 6.07) is 19.1. The topological polar surface area (TPSA) is 63.7 Å². The summed E-state index contributed by atoms with van der Waals surface area (Å²) in [5.41, 5.74) is 0.629. The van der Waals surface area contributed by atoms with Crippen molar-refractivity contribution >= 4 is 21.7 Å². The second-order valence-corrected chi connectivity index (χ2v) is 7.65. The Morgan fingerprint density at radius 1 is 0.889 bits per heavy atom. The first-order chi connectivity index (χ1) is 12.9. The van der Waals surface area contributed by atoms with Crippen LogP contribution in [0.2, 0.25) is 0 Å². The zero-order chi connectivity index (χ0) is 19.4. The molecule has 3 rings (SSSR count). The fourth-order valence-corrected chi connectivity index (χ4v) is 3.58. The third-order valence-electron chi connectivity index (χ3n) is 3.89. The van der Waals surface area contributed by atoms with E-state index < -0.39 is 21.8 Å². The molecule has 0 spiro atoms. The summed E-state index contributed by atoms with van der Waals surface area (Å²) in [5.74, 6) is -0.829. The van der Waals surface area contributed by atoms with Crippen LogP contribution in [-0.2, 0) is 10.0 Å². The number of nitrogens with zero attached hydrogens (tertiary/aromatic N) is 1. The molecule has 0 aliphatic carbocycles. The SMILES string of the molecule is CN(c1ccc(OC(=O)c2ccc(F)cc2)cc1)S(=O)(=O)c1ccccc1. The smallest absolute Gasteiger partial charge is 0.343 e. The fourth-order valence-electron chi connectivity index (χ4n) is 2.37. The Kier molecular flexibility index (Phi) is 5.23. The zero-order valence-corrected chi connectivity index (χ0v) is 15.2. The lowest BCUT2D eigenvalue weighted by Gasteiger charge is -2.19. The van der Waals surface area contributed by atoms with Crippen LogP contribution in [0.3, 0.4) is 0 Å². The van der Waals surface area contributed by atoms with Gasteiger partial charge in [-0.2, -0.15) is 0 Å². The van der Waals surface area contributed by atoms with Gasteiger partial charge in [-0.25, -0.2) is 17.6 Å². The standard InChI is InChI=1S/C20H16FNO4S/c1-22(27(24,25)19-5-3-2-4-6-19)17-11-13-18(14-12-17)26-20(23)15-7-9-16(21)10-8-15/h2-14H,1H3. The minimum Gasteiger partial charge on any atom is -0.423 e. The Morgan fingerprint density at radius 2 is 1.48 bits per heavy atom. The van der Waals surface area contributed by atoms with Crippen molar-refractivity contribution in [1.29, 1.82) is 0 Å². The van der Waals surface area contributed by atoms with Crippen molar-refractivity contribution in [2.75, 3.05) is 11.4 Å². The van der Waals surface area contributed by atoms with Gasteiger partial charge in [0.25, 0.3) is 10.0 Å². The number of anilines is 1. The van der Waals surface area contributed by atoms with Crippen LogP contribution in [0.5, 0.6) is 5.75 Å². The molecule has 0 heterocycles. The number of esters is 1. The van der Waals surface area contributed by atoms with Gasteiger partial charge in [0.2, 0.25) is 0 Å². The van der Waals surface area contributed by atoms with Gasteiger partial charge in [-0.05, 0) is 60.7 Å². The first-order valence-electron chi connectivity index (χ1n) is 8.00. The molecule has 0 aromatic heterocycles. The van der Waals surface area contributed by atoms with Crippen LogP contribution < -0.4 is 9.04 Å². The molecular weight excluding hydrogens is 369 g/mol. The summed E-state index contributed by atoms with van der Waals surface area (Å²) in [6.07, 6.45) is 0. The first-order valence-corrected chi connectivity index (χ1v) is 9.44. The summed E-state index contributed by atoms with van der Waals surface area (Å²) >= 11 is 0. The fraction of sp³-hybridized carbons (Fsp3) is 0.0500. The Labute approximate surface area is 156 Å². The Hall–Kier alpha value is -3.19. The molecule has 5 nitrogen and oxygen atoms in total. The van der Waals surface area contributed by atoms with E-state index in [9.17, 15) is 17.6 Å². The van der Waals surface area contributed by atoms with Gasteiger partial charge in [-0.1, -0.05) is 18.2 Å². The van der Waals surface area contributed by atoms with Crippen LogP contribution >= 0.6 is 0 Å². The molecule has 0 amide bonds. The Bertz CT molecular complexity index is 1030. The van der Waals surface area contributed by atoms with Gasteiger partial charge in [0.05, 0.1) is 16.1 Å². The molecule has 0 N–H and O–H groups in total. The Morgan fingerprint density at radius 3 is 2.07 bits per heavy atom. The number of ether oxygens (including phenoxy) is 1. The van der Waals surface area contributed by atoms with Crippen molar-refractivity contribution in [3.63, 3.8) is 0 Å². The van der Waals surface area contributed by atoms with E-state index in [2.05, 4.69) is 0 Å². The van der Waals surface area contributed by atoms with E-state index in [4.69, 9.17) is 4.74 Å². The molecule has 7 heteroatoms. The molecule has 0 saturated heterocycles. The minimum atomic E-state index is -3.68. The highest BCUT2D eigenvalue weighted by molar-refractivity contribution is 7.92. The summed E-state index contributed by atoms with van der Waals surface area (Å²) in [7, 11) is -2.24. The van der Waals surface area contributed by atoms with Gasteiger partial charge in [-0.15, -0.1) is 0 Å². The largest absolute Gasteiger partial charge is 0.423 e. The quantitative estimate of drug-likeness (QED) is 0.494. The van der Waals surface area contributed by atoms with Crippen molar-refractivity contribution in [1.82, 2.24) is 0 Å². The van der Waals surface area contributed by atoms with E-state index in [0.717, 1.165) is 4.31 Å². The van der Waals surface area contributed by atoms with E-state index in [0.29, 0.717) is 5.69 Å². The van der Waals surface area contributed by atoms with Gasteiger partial charge in [-0.3, -0.25) is 4.31 Å². The zero-order valence-electron chi connectivity index (χ0n) is 14.4. The molecule has 0 unspecified atom stereocenters. The first kappa shape index (κ1) is 18.6.